The molecule has 0 saturated carbocycles. The first-order chi connectivity index (χ1) is 12.9. The molecule has 1 atom stereocenters. The zero-order chi connectivity index (χ0) is 19.8. The van der Waals surface area contributed by atoms with Crippen molar-refractivity contribution in [1.82, 2.24) is 10.2 Å². The number of halogens is 1. The van der Waals surface area contributed by atoms with Crippen LogP contribution in [0.25, 0.3) is 0 Å². The number of amides is 2. The van der Waals surface area contributed by atoms with Gasteiger partial charge in [-0.1, -0.05) is 24.3 Å². The molecule has 0 aliphatic heterocycles. The van der Waals surface area contributed by atoms with Crippen LogP contribution in [0.15, 0.2) is 48.5 Å². The van der Waals surface area contributed by atoms with Gasteiger partial charge in [0.15, 0.2) is 0 Å². The quantitative estimate of drug-likeness (QED) is 0.775. The summed E-state index contributed by atoms with van der Waals surface area (Å²) in [7, 11) is 1.61. The average molecular weight is 372 g/mol. The second-order valence-corrected chi connectivity index (χ2v) is 6.34. The first-order valence-corrected chi connectivity index (χ1v) is 8.83. The number of ether oxygens (including phenoxy) is 1. The van der Waals surface area contributed by atoms with Gasteiger partial charge in [0.05, 0.1) is 7.11 Å². The molecular formula is C21H25FN2O3. The Kier molecular flexibility index (Phi) is 7.34. The van der Waals surface area contributed by atoms with Crippen LogP contribution in [-0.2, 0) is 22.6 Å². The highest BCUT2D eigenvalue weighted by molar-refractivity contribution is 5.86. The molecule has 0 aliphatic carbocycles. The Hall–Kier alpha value is -2.89. The highest BCUT2D eigenvalue weighted by Crippen LogP contribution is 2.12. The van der Waals surface area contributed by atoms with Crippen LogP contribution < -0.4 is 10.1 Å². The molecule has 27 heavy (non-hydrogen) atoms. The standard InChI is InChI=1S/C21H25FN2O3/c1-15(24(16(2)25)14-18-4-8-19(22)9-5-18)21(26)23-13-12-17-6-10-20(27-3)11-7-17/h4-11,15H,12-14H2,1-3H3,(H,23,26)/t15-/m1/s1. The topological polar surface area (TPSA) is 58.6 Å². The number of rotatable bonds is 8. The molecule has 0 spiro atoms. The zero-order valence-electron chi connectivity index (χ0n) is 15.9. The molecule has 144 valence electrons. The van der Waals surface area contributed by atoms with Crippen LogP contribution in [0.1, 0.15) is 25.0 Å². The number of hydrogen-bond donors (Lipinski definition) is 1. The van der Waals surface area contributed by atoms with Crippen LogP contribution in [-0.4, -0.2) is 36.4 Å². The summed E-state index contributed by atoms with van der Waals surface area (Å²) >= 11 is 0. The van der Waals surface area contributed by atoms with E-state index in [0.29, 0.717) is 13.0 Å². The van der Waals surface area contributed by atoms with Crippen molar-refractivity contribution in [3.63, 3.8) is 0 Å². The molecule has 0 bridgehead atoms. The first kappa shape index (κ1) is 20.4. The molecule has 2 amide bonds. The lowest BCUT2D eigenvalue weighted by Gasteiger charge is -2.27. The Morgan fingerprint density at radius 1 is 1.07 bits per heavy atom. The van der Waals surface area contributed by atoms with Crippen molar-refractivity contribution in [2.75, 3.05) is 13.7 Å². The van der Waals surface area contributed by atoms with Crippen LogP contribution >= 0.6 is 0 Å². The van der Waals surface area contributed by atoms with Crippen LogP contribution in [0, 0.1) is 5.82 Å². The maximum Gasteiger partial charge on any atom is 0.242 e. The molecule has 2 aromatic rings. The molecule has 2 aromatic carbocycles. The summed E-state index contributed by atoms with van der Waals surface area (Å²) in [6.45, 7) is 3.83. The number of benzene rings is 2. The van der Waals surface area contributed by atoms with Gasteiger partial charge in [-0.25, -0.2) is 4.39 Å². The van der Waals surface area contributed by atoms with Crippen molar-refractivity contribution in [1.29, 1.82) is 0 Å². The molecule has 1 N–H and O–H groups in total. The van der Waals surface area contributed by atoms with Crippen molar-refractivity contribution in [2.45, 2.75) is 32.9 Å². The van der Waals surface area contributed by atoms with E-state index in [-0.39, 0.29) is 24.2 Å². The molecular weight excluding hydrogens is 347 g/mol. The fraction of sp³-hybridized carbons (Fsp3) is 0.333. The number of nitrogens with zero attached hydrogens (tertiary/aromatic N) is 1. The van der Waals surface area contributed by atoms with Crippen molar-refractivity contribution in [2.24, 2.45) is 0 Å². The van der Waals surface area contributed by atoms with Crippen LogP contribution in [0.2, 0.25) is 0 Å². The van der Waals surface area contributed by atoms with E-state index in [0.717, 1.165) is 16.9 Å². The van der Waals surface area contributed by atoms with Crippen LogP contribution in [0.4, 0.5) is 4.39 Å². The van der Waals surface area contributed by atoms with E-state index in [4.69, 9.17) is 4.74 Å². The van der Waals surface area contributed by atoms with E-state index in [1.807, 2.05) is 24.3 Å². The third kappa shape index (κ3) is 6.09. The summed E-state index contributed by atoms with van der Waals surface area (Å²) in [5, 5.41) is 2.87. The molecule has 0 aliphatic rings. The summed E-state index contributed by atoms with van der Waals surface area (Å²) in [6.07, 6.45) is 0.681. The monoisotopic (exact) mass is 372 g/mol. The molecule has 0 radical (unpaired) electrons. The summed E-state index contributed by atoms with van der Waals surface area (Å²) in [6, 6.07) is 12.9. The summed E-state index contributed by atoms with van der Waals surface area (Å²) in [5.74, 6) is 0.0182. The smallest absolute Gasteiger partial charge is 0.242 e. The molecule has 6 heteroatoms. The number of nitrogens with one attached hydrogen (secondary N) is 1. The fourth-order valence-electron chi connectivity index (χ4n) is 2.72. The van der Waals surface area contributed by atoms with Gasteiger partial charge in [-0.05, 0) is 48.7 Å². The summed E-state index contributed by atoms with van der Waals surface area (Å²) in [4.78, 5) is 25.9. The van der Waals surface area contributed by atoms with E-state index in [9.17, 15) is 14.0 Å². The molecule has 0 unspecified atom stereocenters. The highest BCUT2D eigenvalue weighted by Gasteiger charge is 2.23. The fourth-order valence-corrected chi connectivity index (χ4v) is 2.72. The van der Waals surface area contributed by atoms with Crippen molar-refractivity contribution in [3.8, 4) is 5.75 Å². The van der Waals surface area contributed by atoms with E-state index >= 15 is 0 Å². The van der Waals surface area contributed by atoms with Gasteiger partial charge in [0, 0.05) is 20.0 Å². The predicted octanol–water partition coefficient (Wildman–Crippen LogP) is 2.93. The Bertz CT molecular complexity index is 760. The van der Waals surface area contributed by atoms with Crippen LogP contribution in [0.5, 0.6) is 5.75 Å². The lowest BCUT2D eigenvalue weighted by atomic mass is 10.1. The van der Waals surface area contributed by atoms with Crippen LogP contribution in [0.3, 0.4) is 0 Å². The van der Waals surface area contributed by atoms with Gasteiger partial charge in [-0.2, -0.15) is 0 Å². The minimum Gasteiger partial charge on any atom is -0.497 e. The third-order valence-electron chi connectivity index (χ3n) is 4.39. The number of carbonyl (C=O) groups is 2. The summed E-state index contributed by atoms with van der Waals surface area (Å²) in [5.41, 5.74) is 1.85. The predicted molar refractivity (Wildman–Crippen MR) is 102 cm³/mol. The van der Waals surface area contributed by atoms with Gasteiger partial charge in [0.2, 0.25) is 11.8 Å². The second kappa shape index (κ2) is 9.71. The molecule has 2 rings (SSSR count). The van der Waals surface area contributed by atoms with Gasteiger partial charge in [0.25, 0.3) is 0 Å². The molecule has 0 heterocycles. The van der Waals surface area contributed by atoms with Gasteiger partial charge >= 0.3 is 0 Å². The minimum atomic E-state index is -0.622. The maximum absolute atomic E-state index is 13.0. The Balaban J connectivity index is 1.89. The van der Waals surface area contributed by atoms with Crippen molar-refractivity contribution in [3.05, 3.63) is 65.5 Å². The van der Waals surface area contributed by atoms with E-state index in [2.05, 4.69) is 5.32 Å². The Labute approximate surface area is 159 Å². The maximum atomic E-state index is 13.0. The Morgan fingerprint density at radius 2 is 1.67 bits per heavy atom. The van der Waals surface area contributed by atoms with Gasteiger partial charge < -0.3 is 15.0 Å². The minimum absolute atomic E-state index is 0.211. The number of carbonyl (C=O) groups excluding carboxylic acids is 2. The molecule has 0 saturated heterocycles. The first-order valence-electron chi connectivity index (χ1n) is 8.83. The lowest BCUT2D eigenvalue weighted by Crippen LogP contribution is -2.47. The normalized spacial score (nSPS) is 11.6. The van der Waals surface area contributed by atoms with E-state index < -0.39 is 6.04 Å². The van der Waals surface area contributed by atoms with Crippen molar-refractivity contribution >= 4 is 11.8 Å². The zero-order valence-corrected chi connectivity index (χ0v) is 15.9. The van der Waals surface area contributed by atoms with E-state index in [1.165, 1.54) is 24.0 Å². The van der Waals surface area contributed by atoms with Gasteiger partial charge in [0.1, 0.15) is 17.6 Å². The largest absolute Gasteiger partial charge is 0.497 e. The number of hydrogen-bond acceptors (Lipinski definition) is 3. The van der Waals surface area contributed by atoms with Gasteiger partial charge in [-0.3, -0.25) is 9.59 Å². The molecule has 0 aromatic heterocycles. The summed E-state index contributed by atoms with van der Waals surface area (Å²) < 4.78 is 18.2. The second-order valence-electron chi connectivity index (χ2n) is 6.34. The highest BCUT2D eigenvalue weighted by atomic mass is 19.1. The Morgan fingerprint density at radius 3 is 2.22 bits per heavy atom. The molecule has 0 fully saturated rings. The van der Waals surface area contributed by atoms with E-state index in [1.54, 1.807) is 26.2 Å². The third-order valence-corrected chi connectivity index (χ3v) is 4.39. The SMILES string of the molecule is COc1ccc(CCNC(=O)[C@@H](C)N(Cc2ccc(F)cc2)C(C)=O)cc1. The van der Waals surface area contributed by atoms with Gasteiger partial charge in [-0.15, -0.1) is 0 Å². The molecule has 5 nitrogen and oxygen atoms in total. The average Bonchev–Trinajstić information content (AvgIpc) is 2.67. The number of methoxy groups -OCH3 is 1. The lowest BCUT2D eigenvalue weighted by molar-refractivity contribution is -0.138. The van der Waals surface area contributed by atoms with Crippen molar-refractivity contribution < 1.29 is 18.7 Å².